The minimum Gasteiger partial charge on any atom is -0.508 e. The Labute approximate surface area is 275 Å². The fourth-order valence-electron chi connectivity index (χ4n) is 3.91. The van der Waals surface area contributed by atoms with Gasteiger partial charge in [0.15, 0.2) is 0 Å². The third-order valence-electron chi connectivity index (χ3n) is 6.51. The second-order valence-electron chi connectivity index (χ2n) is 13.8. The molecule has 3 aromatic rings. The van der Waals surface area contributed by atoms with Gasteiger partial charge in [-0.25, -0.2) is 4.31 Å². The molecule has 0 aromatic heterocycles. The summed E-state index contributed by atoms with van der Waals surface area (Å²) in [5.74, 6) is 1.47. The van der Waals surface area contributed by atoms with Gasteiger partial charge in [0.1, 0.15) is 34.5 Å². The first-order valence-electron chi connectivity index (χ1n) is 14.2. The SMILES string of the molecule is Cc1cc(O)c(C(C)(C)C)cc1O.Cc1cc(O)c(C(C)(C)C)cc1O.Cc1cc(O)c(C(C)(C)C)cc1O.OP(O)OP(O)O. The number of hydrogen-bond acceptors (Lipinski definition) is 11. The third-order valence-corrected chi connectivity index (χ3v) is 7.68. The van der Waals surface area contributed by atoms with Crippen molar-refractivity contribution in [3.8, 4) is 34.5 Å². The van der Waals surface area contributed by atoms with Crippen LogP contribution < -0.4 is 0 Å². The van der Waals surface area contributed by atoms with E-state index in [1.807, 2.05) is 62.3 Å². The lowest BCUT2D eigenvalue weighted by Crippen LogP contribution is -2.11. The molecule has 0 bridgehead atoms. The number of benzene rings is 3. The molecule has 0 aliphatic carbocycles. The Morgan fingerprint density at radius 2 is 0.587 bits per heavy atom. The zero-order valence-corrected chi connectivity index (χ0v) is 30.5. The molecule has 0 unspecified atom stereocenters. The van der Waals surface area contributed by atoms with Gasteiger partial charge in [-0.05, 0) is 90.1 Å². The van der Waals surface area contributed by atoms with Crippen LogP contribution in [0.4, 0.5) is 0 Å². The van der Waals surface area contributed by atoms with E-state index in [0.29, 0.717) is 16.7 Å². The third kappa shape index (κ3) is 14.7. The maximum Gasteiger partial charge on any atom is 0.334 e. The van der Waals surface area contributed by atoms with Crippen molar-refractivity contribution in [2.24, 2.45) is 0 Å². The summed E-state index contributed by atoms with van der Waals surface area (Å²) >= 11 is 0. The van der Waals surface area contributed by atoms with E-state index < -0.39 is 17.2 Å². The molecule has 3 rings (SSSR count). The Hall–Kier alpha value is -2.88. The minimum atomic E-state index is -2.61. The largest absolute Gasteiger partial charge is 0.508 e. The molecule has 11 nitrogen and oxygen atoms in total. The molecule has 0 aliphatic rings. The molecule has 0 amide bonds. The van der Waals surface area contributed by atoms with Crippen molar-refractivity contribution in [2.75, 3.05) is 0 Å². The Kier molecular flexibility index (Phi) is 16.2. The fourth-order valence-corrected chi connectivity index (χ4v) is 4.43. The number of rotatable bonds is 2. The van der Waals surface area contributed by atoms with Crippen LogP contribution in [0.2, 0.25) is 0 Å². The van der Waals surface area contributed by atoms with Gasteiger partial charge >= 0.3 is 17.2 Å². The van der Waals surface area contributed by atoms with Crippen molar-refractivity contribution < 1.29 is 54.5 Å². The second kappa shape index (κ2) is 17.3. The molecule has 0 fully saturated rings. The van der Waals surface area contributed by atoms with Gasteiger partial charge in [-0.3, -0.25) is 0 Å². The van der Waals surface area contributed by atoms with Gasteiger partial charge in [0, 0.05) is 16.7 Å². The van der Waals surface area contributed by atoms with Gasteiger partial charge in [0.25, 0.3) is 0 Å². The lowest BCUT2D eigenvalue weighted by atomic mass is 9.85. The first kappa shape index (κ1) is 43.1. The summed E-state index contributed by atoms with van der Waals surface area (Å²) in [6, 6.07) is 9.67. The highest BCUT2D eigenvalue weighted by atomic mass is 31.2. The van der Waals surface area contributed by atoms with E-state index in [2.05, 4.69) is 4.31 Å². The minimum absolute atomic E-state index is 0.144. The average molecular weight is 687 g/mol. The highest BCUT2D eigenvalue weighted by molar-refractivity contribution is 7.53. The van der Waals surface area contributed by atoms with Crippen LogP contribution in [0.15, 0.2) is 36.4 Å². The monoisotopic (exact) mass is 686 g/mol. The summed E-state index contributed by atoms with van der Waals surface area (Å²) < 4.78 is 3.60. The van der Waals surface area contributed by atoms with Crippen LogP contribution in [0.3, 0.4) is 0 Å². The Balaban J connectivity index is 0.000000601. The molecule has 46 heavy (non-hydrogen) atoms. The summed E-state index contributed by atoms with van der Waals surface area (Å²) in [7, 11) is -5.22. The molecule has 0 aliphatic heterocycles. The standard InChI is InChI=1S/3C11H16O2.H4O5P2/c3*1-7-5-10(13)8(6-9(7)12)11(2,3)4;1-6(2)5-7(3)4/h3*5-6,12-13H,1-4H3;1-4H. The molecular weight excluding hydrogens is 634 g/mol. The van der Waals surface area contributed by atoms with E-state index in [-0.39, 0.29) is 50.7 Å². The predicted molar refractivity (Wildman–Crippen MR) is 183 cm³/mol. The van der Waals surface area contributed by atoms with Crippen LogP contribution in [-0.4, -0.2) is 50.2 Å². The normalized spacial score (nSPS) is 11.6. The summed E-state index contributed by atoms with van der Waals surface area (Å²) in [5, 5.41) is 57.4. The van der Waals surface area contributed by atoms with Gasteiger partial charge < -0.3 is 50.2 Å². The molecule has 3 aromatic carbocycles. The van der Waals surface area contributed by atoms with E-state index >= 15 is 0 Å². The highest BCUT2D eigenvalue weighted by Gasteiger charge is 2.21. The predicted octanol–water partition coefficient (Wildman–Crippen LogP) is 7.54. The van der Waals surface area contributed by atoms with Crippen molar-refractivity contribution in [3.05, 3.63) is 69.8 Å². The zero-order chi connectivity index (χ0) is 36.5. The van der Waals surface area contributed by atoms with Crippen LogP contribution in [0.5, 0.6) is 34.5 Å². The van der Waals surface area contributed by atoms with Gasteiger partial charge in [0.05, 0.1) is 0 Å². The van der Waals surface area contributed by atoms with E-state index in [0.717, 1.165) is 16.7 Å². The number of aromatic hydroxyl groups is 6. The number of phenolic OH excluding ortho intramolecular Hbond substituents is 6. The first-order valence-corrected chi connectivity index (χ1v) is 16.6. The smallest absolute Gasteiger partial charge is 0.334 e. The molecule has 13 heteroatoms. The van der Waals surface area contributed by atoms with Crippen molar-refractivity contribution in [2.45, 2.75) is 99.3 Å². The van der Waals surface area contributed by atoms with Gasteiger partial charge in [-0.15, -0.1) is 0 Å². The van der Waals surface area contributed by atoms with E-state index in [1.165, 1.54) is 0 Å². The second-order valence-corrected chi connectivity index (χ2v) is 15.5. The first-order chi connectivity index (χ1) is 20.6. The quantitative estimate of drug-likeness (QED) is 0.0940. The Morgan fingerprint density at radius 3 is 0.717 bits per heavy atom. The van der Waals surface area contributed by atoms with Crippen LogP contribution >= 0.6 is 17.2 Å². The number of hydrogen-bond donors (Lipinski definition) is 10. The molecule has 0 spiro atoms. The molecule has 10 N–H and O–H groups in total. The van der Waals surface area contributed by atoms with E-state index in [9.17, 15) is 30.6 Å². The average Bonchev–Trinajstić information content (AvgIpc) is 2.84. The number of aryl methyl sites for hydroxylation is 3. The van der Waals surface area contributed by atoms with Crippen LogP contribution in [-0.2, 0) is 20.6 Å². The number of phenols is 6. The van der Waals surface area contributed by atoms with Crippen molar-refractivity contribution in [3.63, 3.8) is 0 Å². The molecule has 0 atom stereocenters. The van der Waals surface area contributed by atoms with Gasteiger partial charge in [-0.1, -0.05) is 62.3 Å². The maximum atomic E-state index is 9.64. The van der Waals surface area contributed by atoms with Gasteiger partial charge in [0.2, 0.25) is 0 Å². The Bertz CT molecular complexity index is 1250. The molecule has 0 saturated heterocycles. The summed E-state index contributed by atoms with van der Waals surface area (Å²) in [6.45, 7) is 23.3. The summed E-state index contributed by atoms with van der Waals surface area (Å²) in [5.41, 5.74) is 3.99. The van der Waals surface area contributed by atoms with Crippen LogP contribution in [0, 0.1) is 20.8 Å². The van der Waals surface area contributed by atoms with Crippen molar-refractivity contribution >= 4 is 17.2 Å². The lowest BCUT2D eigenvalue weighted by molar-refractivity contribution is 0.324. The molecule has 260 valence electrons. The van der Waals surface area contributed by atoms with Crippen molar-refractivity contribution in [1.82, 2.24) is 0 Å². The molecule has 0 heterocycles. The van der Waals surface area contributed by atoms with E-state index in [1.54, 1.807) is 57.2 Å². The van der Waals surface area contributed by atoms with Crippen LogP contribution in [0.25, 0.3) is 0 Å². The highest BCUT2D eigenvalue weighted by Crippen LogP contribution is 2.42. The fraction of sp³-hybridized carbons (Fsp3) is 0.455. The van der Waals surface area contributed by atoms with E-state index in [4.69, 9.17) is 19.6 Å². The zero-order valence-electron chi connectivity index (χ0n) is 28.7. The molecular formula is C33H52O11P2. The summed E-state index contributed by atoms with van der Waals surface area (Å²) in [4.78, 5) is 31.3. The van der Waals surface area contributed by atoms with Gasteiger partial charge in [-0.2, -0.15) is 0 Å². The topological polar surface area (TPSA) is 212 Å². The molecule has 0 radical (unpaired) electrons. The lowest BCUT2D eigenvalue weighted by Gasteiger charge is -2.21. The Morgan fingerprint density at radius 1 is 0.391 bits per heavy atom. The summed E-state index contributed by atoms with van der Waals surface area (Å²) in [6.07, 6.45) is 0. The maximum absolute atomic E-state index is 9.64. The van der Waals surface area contributed by atoms with Crippen LogP contribution in [0.1, 0.15) is 95.7 Å². The molecule has 0 saturated carbocycles. The van der Waals surface area contributed by atoms with Crippen molar-refractivity contribution in [1.29, 1.82) is 0 Å².